The van der Waals surface area contributed by atoms with Crippen molar-refractivity contribution in [1.29, 1.82) is 0 Å². The van der Waals surface area contributed by atoms with Crippen molar-refractivity contribution in [2.75, 3.05) is 5.43 Å². The van der Waals surface area contributed by atoms with Crippen LogP contribution in [0.5, 0.6) is 0 Å². The Balaban J connectivity index is 2.60. The van der Waals surface area contributed by atoms with Crippen molar-refractivity contribution in [3.05, 3.63) is 34.4 Å². The minimum Gasteiger partial charge on any atom is -0.390 e. The number of anilines is 1. The van der Waals surface area contributed by atoms with E-state index in [2.05, 4.69) is 10.9 Å². The smallest absolute Gasteiger partial charge is 0.294 e. The molecule has 7 heteroatoms. The number of nitro benzene ring substituents is 1. The van der Waals surface area contributed by atoms with E-state index in [0.29, 0.717) is 6.42 Å². The van der Waals surface area contributed by atoms with Gasteiger partial charge in [0, 0.05) is 6.07 Å². The lowest BCUT2D eigenvalue weighted by Crippen LogP contribution is -2.37. The normalized spacial score (nSPS) is 13.3. The first-order valence-corrected chi connectivity index (χ1v) is 6.36. The highest BCUT2D eigenvalue weighted by Crippen LogP contribution is 2.22. The van der Waals surface area contributed by atoms with Gasteiger partial charge in [0.05, 0.1) is 16.9 Å². The summed E-state index contributed by atoms with van der Waals surface area (Å²) in [5, 5.41) is 20.7. The van der Waals surface area contributed by atoms with Crippen molar-refractivity contribution >= 4 is 17.3 Å². The van der Waals surface area contributed by atoms with Gasteiger partial charge in [0.2, 0.25) is 5.91 Å². The number of hydrogen-bond acceptors (Lipinski definition) is 5. The summed E-state index contributed by atoms with van der Waals surface area (Å²) >= 11 is 0. The Morgan fingerprint density at radius 2 is 2.10 bits per heavy atom. The van der Waals surface area contributed by atoms with Gasteiger partial charge in [-0.2, -0.15) is 0 Å². The number of carbonyl (C=O) groups excluding carboxylic acids is 1. The fourth-order valence-electron chi connectivity index (χ4n) is 1.89. The minimum absolute atomic E-state index is 0.0749. The summed E-state index contributed by atoms with van der Waals surface area (Å²) in [6, 6.07) is 5.98. The molecule has 110 valence electrons. The van der Waals surface area contributed by atoms with Crippen LogP contribution in [0.25, 0.3) is 0 Å². The van der Waals surface area contributed by atoms with E-state index in [0.717, 1.165) is 6.42 Å². The number of rotatable bonds is 7. The maximum absolute atomic E-state index is 11.7. The van der Waals surface area contributed by atoms with Crippen molar-refractivity contribution in [3.8, 4) is 0 Å². The van der Waals surface area contributed by atoms with Crippen LogP contribution in [-0.4, -0.2) is 21.5 Å². The average Bonchev–Trinajstić information content (AvgIpc) is 2.35. The summed E-state index contributed by atoms with van der Waals surface area (Å²) in [6.45, 7) is 3.50. The zero-order chi connectivity index (χ0) is 15.2. The zero-order valence-corrected chi connectivity index (χ0v) is 11.5. The lowest BCUT2D eigenvalue weighted by atomic mass is 9.96. The number of amides is 1. The second-order valence-corrected chi connectivity index (χ2v) is 4.87. The first kappa shape index (κ1) is 15.9. The molecular formula is C13H19N3O4. The third-order valence-electron chi connectivity index (χ3n) is 2.77. The van der Waals surface area contributed by atoms with E-state index in [1.807, 2.05) is 6.92 Å². The second kappa shape index (κ2) is 6.85. The maximum atomic E-state index is 11.7. The maximum Gasteiger partial charge on any atom is 0.294 e. The van der Waals surface area contributed by atoms with Crippen molar-refractivity contribution < 1.29 is 14.8 Å². The van der Waals surface area contributed by atoms with Gasteiger partial charge in [-0.15, -0.1) is 0 Å². The number of hydrogen-bond donors (Lipinski definition) is 3. The molecule has 1 aromatic rings. The summed E-state index contributed by atoms with van der Waals surface area (Å²) in [4.78, 5) is 21.9. The fourth-order valence-corrected chi connectivity index (χ4v) is 1.89. The van der Waals surface area contributed by atoms with Crippen LogP contribution < -0.4 is 10.9 Å². The van der Waals surface area contributed by atoms with Gasteiger partial charge in [0.1, 0.15) is 5.69 Å². The largest absolute Gasteiger partial charge is 0.390 e. The van der Waals surface area contributed by atoms with Gasteiger partial charge >= 0.3 is 0 Å². The van der Waals surface area contributed by atoms with Crippen molar-refractivity contribution in [2.24, 2.45) is 0 Å². The summed E-state index contributed by atoms with van der Waals surface area (Å²) in [5.74, 6) is -0.429. The average molecular weight is 281 g/mol. The summed E-state index contributed by atoms with van der Waals surface area (Å²) in [5.41, 5.74) is 3.85. The van der Waals surface area contributed by atoms with E-state index in [9.17, 15) is 20.0 Å². The number of benzene rings is 1. The van der Waals surface area contributed by atoms with Crippen LogP contribution in [0.4, 0.5) is 11.4 Å². The molecule has 0 fully saturated rings. The van der Waals surface area contributed by atoms with Crippen LogP contribution in [-0.2, 0) is 4.79 Å². The molecule has 1 unspecified atom stereocenters. The minimum atomic E-state index is -1.08. The Hall–Kier alpha value is -2.15. The Morgan fingerprint density at radius 3 is 2.70 bits per heavy atom. The molecule has 0 spiro atoms. The van der Waals surface area contributed by atoms with E-state index in [1.165, 1.54) is 18.2 Å². The molecule has 3 N–H and O–H groups in total. The Kier molecular flexibility index (Phi) is 5.45. The van der Waals surface area contributed by atoms with E-state index in [4.69, 9.17) is 0 Å². The number of nitrogens with one attached hydrogen (secondary N) is 2. The molecule has 1 amide bonds. The molecular weight excluding hydrogens is 262 g/mol. The Labute approximate surface area is 117 Å². The van der Waals surface area contributed by atoms with Crippen LogP contribution in [0.15, 0.2) is 24.3 Å². The SMILES string of the molecule is CCCC(C)(O)CC(=O)NNc1ccccc1[N+](=O)[O-]. The van der Waals surface area contributed by atoms with E-state index < -0.39 is 16.4 Å². The van der Waals surface area contributed by atoms with Gasteiger partial charge in [-0.05, 0) is 19.4 Å². The molecule has 7 nitrogen and oxygen atoms in total. The Morgan fingerprint density at radius 1 is 1.45 bits per heavy atom. The first-order chi connectivity index (χ1) is 9.35. The van der Waals surface area contributed by atoms with E-state index in [-0.39, 0.29) is 17.8 Å². The fraction of sp³-hybridized carbons (Fsp3) is 0.462. The van der Waals surface area contributed by atoms with Crippen molar-refractivity contribution in [3.63, 3.8) is 0 Å². The predicted octanol–water partition coefficient (Wildman–Crippen LogP) is 1.98. The quantitative estimate of drug-likeness (QED) is 0.523. The molecule has 0 aliphatic rings. The van der Waals surface area contributed by atoms with E-state index >= 15 is 0 Å². The van der Waals surface area contributed by atoms with Gasteiger partial charge in [0.25, 0.3) is 5.69 Å². The lowest BCUT2D eigenvalue weighted by Gasteiger charge is -2.21. The number of carbonyl (C=O) groups is 1. The highest BCUT2D eigenvalue weighted by Gasteiger charge is 2.23. The van der Waals surface area contributed by atoms with Crippen LogP contribution in [0.2, 0.25) is 0 Å². The topological polar surface area (TPSA) is 104 Å². The number of hydrazine groups is 1. The standard InChI is InChI=1S/C13H19N3O4/c1-3-8-13(2,18)9-12(17)15-14-10-6-4-5-7-11(10)16(19)20/h4-7,14,18H,3,8-9H2,1-2H3,(H,15,17). The third-order valence-corrected chi connectivity index (χ3v) is 2.77. The number of aliphatic hydroxyl groups is 1. The molecule has 0 aromatic heterocycles. The molecule has 1 atom stereocenters. The summed E-state index contributed by atoms with van der Waals surface area (Å²) in [6.07, 6.45) is 1.19. The van der Waals surface area contributed by atoms with Crippen molar-refractivity contribution in [2.45, 2.75) is 38.7 Å². The molecule has 0 radical (unpaired) electrons. The van der Waals surface area contributed by atoms with Crippen molar-refractivity contribution in [1.82, 2.24) is 5.43 Å². The molecule has 20 heavy (non-hydrogen) atoms. The molecule has 0 heterocycles. The van der Waals surface area contributed by atoms with Crippen LogP contribution >= 0.6 is 0 Å². The lowest BCUT2D eigenvalue weighted by molar-refractivity contribution is -0.384. The number of para-hydroxylation sites is 2. The molecule has 0 aliphatic heterocycles. The van der Waals surface area contributed by atoms with Crippen LogP contribution in [0, 0.1) is 10.1 Å². The second-order valence-electron chi connectivity index (χ2n) is 4.87. The highest BCUT2D eigenvalue weighted by atomic mass is 16.6. The molecule has 1 aromatic carbocycles. The van der Waals surface area contributed by atoms with E-state index in [1.54, 1.807) is 13.0 Å². The molecule has 1 rings (SSSR count). The summed E-state index contributed by atoms with van der Waals surface area (Å²) < 4.78 is 0. The van der Waals surface area contributed by atoms with Gasteiger partial charge in [-0.25, -0.2) is 0 Å². The Bertz CT molecular complexity index is 488. The number of nitrogens with zero attached hydrogens (tertiary/aromatic N) is 1. The molecule has 0 bridgehead atoms. The van der Waals surface area contributed by atoms with Crippen LogP contribution in [0.3, 0.4) is 0 Å². The molecule has 0 saturated heterocycles. The number of nitro groups is 1. The van der Waals surface area contributed by atoms with Crippen LogP contribution in [0.1, 0.15) is 33.1 Å². The monoisotopic (exact) mass is 281 g/mol. The van der Waals surface area contributed by atoms with Gasteiger partial charge in [-0.3, -0.25) is 25.8 Å². The van der Waals surface area contributed by atoms with Gasteiger partial charge in [-0.1, -0.05) is 25.5 Å². The molecule has 0 aliphatic carbocycles. The summed E-state index contributed by atoms with van der Waals surface area (Å²) in [7, 11) is 0. The van der Waals surface area contributed by atoms with Gasteiger partial charge in [0.15, 0.2) is 0 Å². The molecule has 0 saturated carbocycles. The zero-order valence-electron chi connectivity index (χ0n) is 11.5. The highest BCUT2D eigenvalue weighted by molar-refractivity contribution is 5.79. The third kappa shape index (κ3) is 4.85. The first-order valence-electron chi connectivity index (χ1n) is 6.36. The van der Waals surface area contributed by atoms with Gasteiger partial charge < -0.3 is 5.11 Å². The predicted molar refractivity (Wildman–Crippen MR) is 75.0 cm³/mol.